The molecule has 2 aromatic carbocycles. The zero-order valence-corrected chi connectivity index (χ0v) is 19.5. The maximum atomic E-state index is 12.4. The van der Waals surface area contributed by atoms with E-state index in [2.05, 4.69) is 4.98 Å². The van der Waals surface area contributed by atoms with E-state index < -0.39 is 0 Å². The zero-order chi connectivity index (χ0) is 23.4. The van der Waals surface area contributed by atoms with Crippen molar-refractivity contribution in [2.75, 3.05) is 19.2 Å². The molecule has 0 aliphatic heterocycles. The maximum Gasteiger partial charge on any atom is 0.217 e. The number of ether oxygens (including phenoxy) is 1. The molecular weight excluding hydrogens is 463 g/mol. The number of carbonyl (C=O) groups is 1. The molecule has 6 nitrogen and oxygen atoms in total. The number of halogens is 3. The molecule has 0 aliphatic rings. The number of ketones is 1. The van der Waals surface area contributed by atoms with E-state index in [1.807, 2.05) is 24.5 Å². The molecule has 0 fully saturated rings. The number of aryl methyl sites for hydroxylation is 1. The third kappa shape index (κ3) is 8.36. The highest BCUT2D eigenvalue weighted by Crippen LogP contribution is 2.25. The third-order valence-electron chi connectivity index (χ3n) is 3.62. The summed E-state index contributed by atoms with van der Waals surface area (Å²) in [5.74, 6) is 0.0683. The molecule has 0 radical (unpaired) electrons. The molecule has 0 bridgehead atoms. The minimum Gasteiger partial charge on any atom is -0.496 e. The largest absolute Gasteiger partial charge is 0.496 e. The lowest BCUT2D eigenvalue weighted by Crippen LogP contribution is -2.09. The molecule has 31 heavy (non-hydrogen) atoms. The summed E-state index contributed by atoms with van der Waals surface area (Å²) in [5.41, 5.74) is 3.61. The van der Waals surface area contributed by atoms with Gasteiger partial charge in [-0.3, -0.25) is 15.5 Å². The fourth-order valence-corrected chi connectivity index (χ4v) is 2.78. The van der Waals surface area contributed by atoms with Gasteiger partial charge in [0.05, 0.1) is 33.4 Å². The molecule has 1 heterocycles. The monoisotopic (exact) mass is 484 g/mol. The van der Waals surface area contributed by atoms with E-state index in [1.54, 1.807) is 37.3 Å². The number of anilines is 1. The topological polar surface area (TPSA) is 91.7 Å². The summed E-state index contributed by atoms with van der Waals surface area (Å²) in [4.78, 5) is 16.3. The van der Waals surface area contributed by atoms with Crippen molar-refractivity contribution < 1.29 is 19.8 Å². The van der Waals surface area contributed by atoms with Crippen molar-refractivity contribution in [3.05, 3.63) is 86.6 Å². The first-order chi connectivity index (χ1) is 14.8. The SMILES string of the molecule is CCO.COc1ccccc1C(=O)c1ncc(Cl)cc1NO.Cc1ccc(Cl)c(Cl)c1. The molecule has 1 aromatic heterocycles. The van der Waals surface area contributed by atoms with E-state index in [0.29, 0.717) is 26.4 Å². The van der Waals surface area contributed by atoms with Crippen LogP contribution >= 0.6 is 34.8 Å². The molecule has 166 valence electrons. The molecule has 0 amide bonds. The van der Waals surface area contributed by atoms with Gasteiger partial charge in [-0.25, -0.2) is 4.98 Å². The Balaban J connectivity index is 0.000000333. The number of hydrogen-bond acceptors (Lipinski definition) is 6. The Bertz CT molecular complexity index is 1000. The number of para-hydroxylation sites is 1. The first-order valence-electron chi connectivity index (χ1n) is 9.04. The van der Waals surface area contributed by atoms with Crippen molar-refractivity contribution in [2.45, 2.75) is 13.8 Å². The van der Waals surface area contributed by atoms with Gasteiger partial charge in [-0.1, -0.05) is 53.0 Å². The molecule has 0 atom stereocenters. The van der Waals surface area contributed by atoms with Gasteiger partial charge in [0.15, 0.2) is 0 Å². The van der Waals surface area contributed by atoms with Crippen molar-refractivity contribution in [3.63, 3.8) is 0 Å². The van der Waals surface area contributed by atoms with Crippen molar-refractivity contribution >= 4 is 46.3 Å². The van der Waals surface area contributed by atoms with Gasteiger partial charge in [0, 0.05) is 12.8 Å². The van der Waals surface area contributed by atoms with E-state index in [1.165, 1.54) is 19.4 Å². The number of hydrogen-bond donors (Lipinski definition) is 3. The van der Waals surface area contributed by atoms with Gasteiger partial charge in [0.25, 0.3) is 0 Å². The van der Waals surface area contributed by atoms with Crippen LogP contribution in [-0.4, -0.2) is 34.8 Å². The average molecular weight is 486 g/mol. The van der Waals surface area contributed by atoms with Crippen LogP contribution in [0, 0.1) is 6.92 Å². The average Bonchev–Trinajstić information content (AvgIpc) is 2.77. The number of aliphatic hydroxyl groups is 1. The van der Waals surface area contributed by atoms with E-state index in [-0.39, 0.29) is 23.8 Å². The molecule has 0 saturated heterocycles. The van der Waals surface area contributed by atoms with Crippen LogP contribution < -0.4 is 10.2 Å². The summed E-state index contributed by atoms with van der Waals surface area (Å²) >= 11 is 17.1. The minimum atomic E-state index is -0.370. The van der Waals surface area contributed by atoms with E-state index in [9.17, 15) is 4.79 Å². The molecular formula is C22H23Cl3N2O4. The first kappa shape index (κ1) is 26.7. The van der Waals surface area contributed by atoms with Crippen LogP contribution in [0.2, 0.25) is 15.1 Å². The lowest BCUT2D eigenvalue weighted by molar-refractivity contribution is 0.103. The fourth-order valence-electron chi connectivity index (χ4n) is 2.27. The van der Waals surface area contributed by atoms with Gasteiger partial charge in [0.2, 0.25) is 5.78 Å². The number of nitrogens with one attached hydrogen (secondary N) is 1. The summed E-state index contributed by atoms with van der Waals surface area (Å²) in [7, 11) is 1.48. The Morgan fingerprint density at radius 1 is 1.10 bits per heavy atom. The molecule has 3 rings (SSSR count). The highest BCUT2D eigenvalue weighted by molar-refractivity contribution is 6.42. The highest BCUT2D eigenvalue weighted by Gasteiger charge is 2.19. The van der Waals surface area contributed by atoms with Crippen molar-refractivity contribution in [1.29, 1.82) is 0 Å². The second-order valence-corrected chi connectivity index (χ2v) is 7.18. The number of benzene rings is 2. The number of aromatic nitrogens is 1. The van der Waals surface area contributed by atoms with Crippen molar-refractivity contribution in [3.8, 4) is 5.75 Å². The molecule has 0 aliphatic carbocycles. The summed E-state index contributed by atoms with van der Waals surface area (Å²) in [5, 5.41) is 18.2. The third-order valence-corrected chi connectivity index (χ3v) is 4.56. The Hall–Kier alpha value is -2.35. The van der Waals surface area contributed by atoms with Crippen LogP contribution in [0.15, 0.2) is 54.7 Å². The molecule has 3 N–H and O–H groups in total. The normalized spacial score (nSPS) is 9.55. The van der Waals surface area contributed by atoms with Crippen LogP contribution in [0.3, 0.4) is 0 Å². The first-order valence-corrected chi connectivity index (χ1v) is 10.2. The van der Waals surface area contributed by atoms with Gasteiger partial charge in [-0.15, -0.1) is 0 Å². The molecule has 3 aromatic rings. The standard InChI is InChI=1S/C13H11ClN2O3.C7H6Cl2.C2H6O/c1-19-11-5-3-2-4-9(11)13(17)12-10(16-18)6-8(14)7-15-12;1-5-2-3-6(8)7(9)4-5;1-2-3/h2-7,16,18H,1H3;2-4H,1H3;3H,2H2,1H3. The number of pyridine rings is 1. The van der Waals surface area contributed by atoms with Crippen LogP contribution in [0.5, 0.6) is 5.75 Å². The van der Waals surface area contributed by atoms with Gasteiger partial charge >= 0.3 is 0 Å². The van der Waals surface area contributed by atoms with Gasteiger partial charge < -0.3 is 9.84 Å². The predicted octanol–water partition coefficient (Wildman–Crippen LogP) is 6.08. The smallest absolute Gasteiger partial charge is 0.217 e. The Labute approximate surface area is 196 Å². The Morgan fingerprint density at radius 2 is 1.74 bits per heavy atom. The van der Waals surface area contributed by atoms with Crippen LogP contribution in [0.25, 0.3) is 0 Å². The van der Waals surface area contributed by atoms with Gasteiger partial charge in [-0.2, -0.15) is 0 Å². The van der Waals surface area contributed by atoms with Gasteiger partial charge in [0.1, 0.15) is 11.4 Å². The highest BCUT2D eigenvalue weighted by atomic mass is 35.5. The second-order valence-electron chi connectivity index (χ2n) is 5.92. The lowest BCUT2D eigenvalue weighted by Gasteiger charge is -2.09. The Kier molecular flexibility index (Phi) is 11.9. The zero-order valence-electron chi connectivity index (χ0n) is 17.2. The second kappa shape index (κ2) is 13.9. The fraction of sp³-hybridized carbons (Fsp3) is 0.182. The number of rotatable bonds is 4. The van der Waals surface area contributed by atoms with E-state index in [4.69, 9.17) is 49.9 Å². The van der Waals surface area contributed by atoms with Crippen LogP contribution in [-0.2, 0) is 0 Å². The summed E-state index contributed by atoms with van der Waals surface area (Å²) < 4.78 is 5.13. The van der Waals surface area contributed by atoms with E-state index in [0.717, 1.165) is 5.56 Å². The van der Waals surface area contributed by atoms with E-state index >= 15 is 0 Å². The number of aliphatic hydroxyl groups excluding tert-OH is 1. The summed E-state index contributed by atoms with van der Waals surface area (Å²) in [6, 6.07) is 13.7. The summed E-state index contributed by atoms with van der Waals surface area (Å²) in [6.45, 7) is 3.90. The van der Waals surface area contributed by atoms with Crippen LogP contribution in [0.1, 0.15) is 28.5 Å². The minimum absolute atomic E-state index is 0.0661. The molecule has 0 saturated carbocycles. The molecule has 0 unspecified atom stereocenters. The molecule has 9 heteroatoms. The summed E-state index contributed by atoms with van der Waals surface area (Å²) in [6.07, 6.45) is 1.34. The quantitative estimate of drug-likeness (QED) is 0.306. The number of carbonyl (C=O) groups excluding carboxylic acids is 1. The number of methoxy groups -OCH3 is 1. The number of nitrogens with zero attached hydrogens (tertiary/aromatic N) is 1. The Morgan fingerprint density at radius 3 is 2.29 bits per heavy atom. The van der Waals surface area contributed by atoms with Gasteiger partial charge in [-0.05, 0) is 49.7 Å². The maximum absolute atomic E-state index is 12.4. The predicted molar refractivity (Wildman–Crippen MR) is 125 cm³/mol. The van der Waals surface area contributed by atoms with Crippen molar-refractivity contribution in [2.24, 2.45) is 0 Å². The van der Waals surface area contributed by atoms with Crippen molar-refractivity contribution in [1.82, 2.24) is 4.98 Å². The molecule has 0 spiro atoms. The van der Waals surface area contributed by atoms with Crippen LogP contribution in [0.4, 0.5) is 5.69 Å². The lowest BCUT2D eigenvalue weighted by atomic mass is 10.1.